The first-order chi connectivity index (χ1) is 14.8. The van der Waals surface area contributed by atoms with E-state index in [9.17, 15) is 14.0 Å². The second-order valence-electron chi connectivity index (χ2n) is 7.87. The molecule has 0 saturated carbocycles. The average molecular weight is 445 g/mol. The zero-order chi connectivity index (χ0) is 22.8. The maximum Gasteiger partial charge on any atom is 0.243 e. The summed E-state index contributed by atoms with van der Waals surface area (Å²) in [5.74, 6) is 0.421. The third-order valence-electron chi connectivity index (χ3n) is 5.23. The van der Waals surface area contributed by atoms with Gasteiger partial charge in [-0.15, -0.1) is 11.8 Å². The molecule has 0 aliphatic carbocycles. The number of benzene rings is 2. The molecule has 0 aromatic heterocycles. The van der Waals surface area contributed by atoms with E-state index in [-0.39, 0.29) is 29.4 Å². The quantitative estimate of drug-likeness (QED) is 0.525. The second kappa shape index (κ2) is 12.5. The molecule has 6 heteroatoms. The Morgan fingerprint density at radius 3 is 2.39 bits per heavy atom. The van der Waals surface area contributed by atoms with E-state index < -0.39 is 6.04 Å². The monoisotopic (exact) mass is 444 g/mol. The van der Waals surface area contributed by atoms with Crippen molar-refractivity contribution >= 4 is 23.6 Å². The van der Waals surface area contributed by atoms with Gasteiger partial charge >= 0.3 is 0 Å². The summed E-state index contributed by atoms with van der Waals surface area (Å²) in [4.78, 5) is 27.8. The predicted octanol–water partition coefficient (Wildman–Crippen LogP) is 5.09. The van der Waals surface area contributed by atoms with Crippen LogP contribution in [0.4, 0.5) is 4.39 Å². The summed E-state index contributed by atoms with van der Waals surface area (Å²) in [6.45, 7) is 8.33. The molecule has 1 N–H and O–H groups in total. The van der Waals surface area contributed by atoms with Crippen molar-refractivity contribution in [3.63, 3.8) is 0 Å². The molecule has 2 aromatic rings. The summed E-state index contributed by atoms with van der Waals surface area (Å²) in [7, 11) is 0. The molecule has 2 atom stereocenters. The summed E-state index contributed by atoms with van der Waals surface area (Å²) in [5.41, 5.74) is 3.09. The van der Waals surface area contributed by atoms with Gasteiger partial charge in [0.05, 0.1) is 5.75 Å². The van der Waals surface area contributed by atoms with Crippen molar-refractivity contribution in [2.24, 2.45) is 0 Å². The topological polar surface area (TPSA) is 49.4 Å². The summed E-state index contributed by atoms with van der Waals surface area (Å²) >= 11 is 1.48. The fourth-order valence-corrected chi connectivity index (χ4v) is 4.16. The number of carbonyl (C=O) groups excluding carboxylic acids is 2. The summed E-state index contributed by atoms with van der Waals surface area (Å²) in [5, 5.41) is 3.03. The van der Waals surface area contributed by atoms with E-state index in [0.717, 1.165) is 23.1 Å². The Labute approximate surface area is 189 Å². The maximum absolute atomic E-state index is 13.2. The minimum Gasteiger partial charge on any atom is -0.352 e. The van der Waals surface area contributed by atoms with Gasteiger partial charge < -0.3 is 10.2 Å². The number of hydrogen-bond donors (Lipinski definition) is 1. The van der Waals surface area contributed by atoms with E-state index in [1.807, 2.05) is 52.0 Å². The lowest BCUT2D eigenvalue weighted by atomic mass is 10.1. The third kappa shape index (κ3) is 8.02. The molecule has 0 saturated heterocycles. The lowest BCUT2D eigenvalue weighted by molar-refractivity contribution is -0.139. The first kappa shape index (κ1) is 24.9. The number of thioether (sulfide) groups is 1. The molecule has 2 aromatic carbocycles. The lowest BCUT2D eigenvalue weighted by Crippen LogP contribution is -2.51. The van der Waals surface area contributed by atoms with Gasteiger partial charge in [0.15, 0.2) is 0 Å². The highest BCUT2D eigenvalue weighted by atomic mass is 32.2. The highest BCUT2D eigenvalue weighted by molar-refractivity contribution is 7.99. The van der Waals surface area contributed by atoms with Crippen molar-refractivity contribution < 1.29 is 14.0 Å². The Bertz CT molecular complexity index is 857. The Morgan fingerprint density at radius 2 is 1.77 bits per heavy atom. The normalized spacial score (nSPS) is 12.8. The van der Waals surface area contributed by atoms with E-state index in [4.69, 9.17) is 0 Å². The summed E-state index contributed by atoms with van der Waals surface area (Å²) in [6, 6.07) is 13.9. The van der Waals surface area contributed by atoms with Crippen LogP contribution in [0.25, 0.3) is 0 Å². The standard InChI is InChI=1S/C25H33FN2O2S/c1-5-19(4)27-25(30)23(6-2)28(15-21-9-7-8-18(3)14-21)24(29)17-31-16-20-10-12-22(26)13-11-20/h7-14,19,23H,5-6,15-17H2,1-4H3,(H,27,30)/t19-,23-/m0/s1. The first-order valence-corrected chi connectivity index (χ1v) is 12.0. The highest BCUT2D eigenvalue weighted by Crippen LogP contribution is 2.18. The fraction of sp³-hybridized carbons (Fsp3) is 0.440. The zero-order valence-corrected chi connectivity index (χ0v) is 19.7. The van der Waals surface area contributed by atoms with Gasteiger partial charge in [-0.25, -0.2) is 4.39 Å². The summed E-state index contributed by atoms with van der Waals surface area (Å²) < 4.78 is 13.1. The van der Waals surface area contributed by atoms with Gasteiger partial charge in [-0.3, -0.25) is 9.59 Å². The lowest BCUT2D eigenvalue weighted by Gasteiger charge is -2.31. The van der Waals surface area contributed by atoms with Crippen LogP contribution in [-0.4, -0.2) is 34.6 Å². The van der Waals surface area contributed by atoms with Crippen LogP contribution in [0.5, 0.6) is 0 Å². The van der Waals surface area contributed by atoms with E-state index in [1.165, 1.54) is 23.9 Å². The Morgan fingerprint density at radius 1 is 1.06 bits per heavy atom. The van der Waals surface area contributed by atoms with Gasteiger partial charge in [0.1, 0.15) is 11.9 Å². The van der Waals surface area contributed by atoms with Gasteiger partial charge in [-0.2, -0.15) is 0 Å². The molecular weight excluding hydrogens is 411 g/mol. The van der Waals surface area contributed by atoms with Crippen molar-refractivity contribution in [2.45, 2.75) is 64.9 Å². The predicted molar refractivity (Wildman–Crippen MR) is 126 cm³/mol. The SMILES string of the molecule is CC[C@H](C)NC(=O)[C@H](CC)N(Cc1cccc(C)c1)C(=O)CSCc1ccc(F)cc1. The molecule has 0 radical (unpaired) electrons. The number of halogens is 1. The van der Waals surface area contributed by atoms with Crippen LogP contribution in [0.1, 0.15) is 50.3 Å². The molecule has 0 fully saturated rings. The second-order valence-corrected chi connectivity index (χ2v) is 8.86. The van der Waals surface area contributed by atoms with Crippen molar-refractivity contribution in [1.82, 2.24) is 10.2 Å². The van der Waals surface area contributed by atoms with Gasteiger partial charge in [-0.05, 0) is 49.9 Å². The zero-order valence-electron chi connectivity index (χ0n) is 18.9. The Hall–Kier alpha value is -2.34. The van der Waals surface area contributed by atoms with Crippen molar-refractivity contribution in [2.75, 3.05) is 5.75 Å². The van der Waals surface area contributed by atoms with Crippen LogP contribution < -0.4 is 5.32 Å². The molecule has 0 unspecified atom stereocenters. The number of amides is 2. The number of carbonyl (C=O) groups is 2. The molecule has 0 aliphatic heterocycles. The van der Waals surface area contributed by atoms with E-state index in [1.54, 1.807) is 17.0 Å². The van der Waals surface area contributed by atoms with Crippen LogP contribution in [0.2, 0.25) is 0 Å². The number of aryl methyl sites for hydroxylation is 1. The molecule has 0 aliphatic rings. The molecule has 2 rings (SSSR count). The number of rotatable bonds is 11. The van der Waals surface area contributed by atoms with E-state index in [2.05, 4.69) is 5.32 Å². The van der Waals surface area contributed by atoms with Crippen molar-refractivity contribution in [3.8, 4) is 0 Å². The van der Waals surface area contributed by atoms with E-state index in [0.29, 0.717) is 18.7 Å². The largest absolute Gasteiger partial charge is 0.352 e. The number of nitrogens with one attached hydrogen (secondary N) is 1. The first-order valence-electron chi connectivity index (χ1n) is 10.8. The smallest absolute Gasteiger partial charge is 0.243 e. The molecule has 2 amide bonds. The highest BCUT2D eigenvalue weighted by Gasteiger charge is 2.29. The minimum atomic E-state index is -0.520. The van der Waals surface area contributed by atoms with Crippen LogP contribution in [0.3, 0.4) is 0 Å². The number of nitrogens with zero attached hydrogens (tertiary/aromatic N) is 1. The average Bonchev–Trinajstić information content (AvgIpc) is 2.74. The van der Waals surface area contributed by atoms with Crippen LogP contribution in [0.15, 0.2) is 48.5 Å². The van der Waals surface area contributed by atoms with Crippen LogP contribution >= 0.6 is 11.8 Å². The molecule has 0 heterocycles. The Balaban J connectivity index is 2.13. The number of hydrogen-bond acceptors (Lipinski definition) is 3. The summed E-state index contributed by atoms with van der Waals surface area (Å²) in [6.07, 6.45) is 1.38. The van der Waals surface area contributed by atoms with Gasteiger partial charge in [0, 0.05) is 18.3 Å². The molecule has 0 bridgehead atoms. The van der Waals surface area contributed by atoms with Gasteiger partial charge in [-0.1, -0.05) is 55.8 Å². The minimum absolute atomic E-state index is 0.0605. The molecule has 31 heavy (non-hydrogen) atoms. The third-order valence-corrected chi connectivity index (χ3v) is 6.22. The van der Waals surface area contributed by atoms with Gasteiger partial charge in [0.25, 0.3) is 0 Å². The molecule has 0 spiro atoms. The van der Waals surface area contributed by atoms with Crippen LogP contribution in [0, 0.1) is 12.7 Å². The van der Waals surface area contributed by atoms with Crippen molar-refractivity contribution in [3.05, 3.63) is 71.0 Å². The van der Waals surface area contributed by atoms with E-state index >= 15 is 0 Å². The van der Waals surface area contributed by atoms with Crippen LogP contribution in [-0.2, 0) is 21.9 Å². The van der Waals surface area contributed by atoms with Crippen molar-refractivity contribution in [1.29, 1.82) is 0 Å². The fourth-order valence-electron chi connectivity index (χ4n) is 3.29. The molecule has 168 valence electrons. The maximum atomic E-state index is 13.2. The molecular formula is C25H33FN2O2S. The Kier molecular flexibility index (Phi) is 10.0. The van der Waals surface area contributed by atoms with Gasteiger partial charge in [0.2, 0.25) is 11.8 Å². The molecule has 4 nitrogen and oxygen atoms in total.